The Hall–Kier alpha value is -3.09. The van der Waals surface area contributed by atoms with E-state index in [-0.39, 0.29) is 30.9 Å². The van der Waals surface area contributed by atoms with Gasteiger partial charge in [0.2, 0.25) is 0 Å². The number of amides is 1. The smallest absolute Gasteiger partial charge is 0.325 e. The van der Waals surface area contributed by atoms with E-state index in [1.807, 2.05) is 0 Å². The molecule has 5 nitrogen and oxygen atoms in total. The zero-order valence-corrected chi connectivity index (χ0v) is 13.8. The molecule has 0 aliphatic heterocycles. The van der Waals surface area contributed by atoms with Crippen LogP contribution in [0.1, 0.15) is 33.6 Å². The summed E-state index contributed by atoms with van der Waals surface area (Å²) in [6.45, 7) is -0.344. The van der Waals surface area contributed by atoms with Crippen LogP contribution >= 0.6 is 0 Å². The van der Waals surface area contributed by atoms with Crippen LogP contribution in [0.15, 0.2) is 48.5 Å². The van der Waals surface area contributed by atoms with Gasteiger partial charge in [0, 0.05) is 17.5 Å². The number of nitrogens with one attached hydrogen (secondary N) is 1. The minimum absolute atomic E-state index is 0.0155. The SMILES string of the molecule is O=C(CNC(=O)c1cccc(F)c1)OCCCC(=O)c1ccc(F)cc1. The number of rotatable bonds is 8. The molecular formula is C19H17F2NO4. The van der Waals surface area contributed by atoms with Crippen molar-refractivity contribution in [2.75, 3.05) is 13.2 Å². The van der Waals surface area contributed by atoms with E-state index in [0.29, 0.717) is 12.0 Å². The summed E-state index contributed by atoms with van der Waals surface area (Å²) in [7, 11) is 0. The van der Waals surface area contributed by atoms with Crippen LogP contribution in [-0.2, 0) is 9.53 Å². The van der Waals surface area contributed by atoms with Gasteiger partial charge in [0.05, 0.1) is 6.61 Å². The van der Waals surface area contributed by atoms with Crippen LogP contribution < -0.4 is 5.32 Å². The second-order valence-electron chi connectivity index (χ2n) is 5.45. The van der Waals surface area contributed by atoms with Gasteiger partial charge in [-0.3, -0.25) is 14.4 Å². The van der Waals surface area contributed by atoms with Gasteiger partial charge in [-0.1, -0.05) is 6.07 Å². The molecule has 2 aromatic carbocycles. The van der Waals surface area contributed by atoms with E-state index in [9.17, 15) is 23.2 Å². The molecule has 0 heterocycles. The maximum absolute atomic E-state index is 13.0. The molecule has 0 unspecified atom stereocenters. The van der Waals surface area contributed by atoms with Gasteiger partial charge in [-0.2, -0.15) is 0 Å². The van der Waals surface area contributed by atoms with E-state index in [4.69, 9.17) is 4.74 Å². The molecular weight excluding hydrogens is 344 g/mol. The van der Waals surface area contributed by atoms with Crippen molar-refractivity contribution in [1.82, 2.24) is 5.32 Å². The van der Waals surface area contributed by atoms with E-state index in [0.717, 1.165) is 6.07 Å². The molecule has 2 rings (SSSR count). The van der Waals surface area contributed by atoms with Gasteiger partial charge < -0.3 is 10.1 Å². The lowest BCUT2D eigenvalue weighted by atomic mass is 10.1. The number of ether oxygens (including phenoxy) is 1. The molecule has 136 valence electrons. The van der Waals surface area contributed by atoms with Crippen LogP contribution in [0.3, 0.4) is 0 Å². The fourth-order valence-corrected chi connectivity index (χ4v) is 2.13. The maximum Gasteiger partial charge on any atom is 0.325 e. The van der Waals surface area contributed by atoms with Crippen LogP contribution in [0.4, 0.5) is 8.78 Å². The van der Waals surface area contributed by atoms with Gasteiger partial charge in [0.1, 0.15) is 18.2 Å². The Balaban J connectivity index is 1.65. The lowest BCUT2D eigenvalue weighted by Crippen LogP contribution is -2.30. The molecule has 0 aromatic heterocycles. The number of halogens is 2. The topological polar surface area (TPSA) is 72.5 Å². The largest absolute Gasteiger partial charge is 0.464 e. The van der Waals surface area contributed by atoms with Crippen molar-refractivity contribution < 1.29 is 27.9 Å². The molecule has 0 radical (unpaired) electrons. The first-order valence-electron chi connectivity index (χ1n) is 7.94. The average Bonchev–Trinajstić information content (AvgIpc) is 2.63. The first-order valence-corrected chi connectivity index (χ1v) is 7.94. The van der Waals surface area contributed by atoms with E-state index in [2.05, 4.69) is 5.32 Å². The second-order valence-corrected chi connectivity index (χ2v) is 5.45. The summed E-state index contributed by atoms with van der Waals surface area (Å²) >= 11 is 0. The summed E-state index contributed by atoms with van der Waals surface area (Å²) in [5.41, 5.74) is 0.489. The number of Topliss-reactive ketones (excluding diaryl/α,β-unsaturated/α-hetero) is 1. The van der Waals surface area contributed by atoms with Crippen LogP contribution in [0.2, 0.25) is 0 Å². The fraction of sp³-hybridized carbons (Fsp3) is 0.211. The molecule has 0 saturated heterocycles. The lowest BCUT2D eigenvalue weighted by Gasteiger charge is -2.07. The van der Waals surface area contributed by atoms with Crippen molar-refractivity contribution in [3.05, 3.63) is 71.3 Å². The van der Waals surface area contributed by atoms with E-state index >= 15 is 0 Å². The van der Waals surface area contributed by atoms with Crippen LogP contribution in [0.25, 0.3) is 0 Å². The Morgan fingerprint density at radius 2 is 1.65 bits per heavy atom. The van der Waals surface area contributed by atoms with Crippen molar-refractivity contribution in [3.63, 3.8) is 0 Å². The standard InChI is InChI=1S/C19H17F2NO4/c20-15-8-6-13(7-9-15)17(23)5-2-10-26-18(24)12-22-19(25)14-3-1-4-16(21)11-14/h1,3-4,6-9,11H,2,5,10,12H2,(H,22,25). The van der Waals surface area contributed by atoms with E-state index < -0.39 is 23.5 Å². The Morgan fingerprint density at radius 3 is 2.35 bits per heavy atom. The van der Waals surface area contributed by atoms with Crippen LogP contribution in [0.5, 0.6) is 0 Å². The molecule has 0 bridgehead atoms. The summed E-state index contributed by atoms with van der Waals surface area (Å²) in [5, 5.41) is 2.32. The number of carbonyl (C=O) groups is 3. The first kappa shape index (κ1) is 19.2. The highest BCUT2D eigenvalue weighted by Gasteiger charge is 2.10. The summed E-state index contributed by atoms with van der Waals surface area (Å²) in [4.78, 5) is 35.2. The van der Waals surface area contributed by atoms with Crippen molar-refractivity contribution in [2.45, 2.75) is 12.8 Å². The lowest BCUT2D eigenvalue weighted by molar-refractivity contribution is -0.142. The van der Waals surface area contributed by atoms with E-state index in [1.165, 1.54) is 42.5 Å². The number of hydrogen-bond acceptors (Lipinski definition) is 4. The van der Waals surface area contributed by atoms with Crippen molar-refractivity contribution >= 4 is 17.7 Å². The number of benzene rings is 2. The molecule has 0 spiro atoms. The Bertz CT molecular complexity index is 790. The van der Waals surface area contributed by atoms with Crippen molar-refractivity contribution in [1.29, 1.82) is 0 Å². The van der Waals surface area contributed by atoms with Gasteiger partial charge >= 0.3 is 5.97 Å². The number of ketones is 1. The predicted molar refractivity (Wildman–Crippen MR) is 89.7 cm³/mol. The zero-order chi connectivity index (χ0) is 18.9. The fourth-order valence-electron chi connectivity index (χ4n) is 2.13. The van der Waals surface area contributed by atoms with Crippen LogP contribution in [-0.4, -0.2) is 30.8 Å². The second kappa shape index (κ2) is 9.41. The molecule has 0 aliphatic carbocycles. The van der Waals surface area contributed by atoms with Gasteiger partial charge in [-0.05, 0) is 48.9 Å². The molecule has 0 atom stereocenters. The summed E-state index contributed by atoms with van der Waals surface area (Å²) < 4.78 is 30.7. The molecule has 1 amide bonds. The summed E-state index contributed by atoms with van der Waals surface area (Å²) in [6.07, 6.45) is 0.453. The molecule has 1 N–H and O–H groups in total. The highest BCUT2D eigenvalue weighted by molar-refractivity contribution is 5.96. The predicted octanol–water partition coefficient (Wildman–Crippen LogP) is 2.90. The van der Waals surface area contributed by atoms with Gasteiger partial charge in [0.25, 0.3) is 5.91 Å². The molecule has 0 saturated carbocycles. The summed E-state index contributed by atoms with van der Waals surface area (Å²) in [6, 6.07) is 10.3. The highest BCUT2D eigenvalue weighted by atomic mass is 19.1. The van der Waals surface area contributed by atoms with Crippen LogP contribution in [0, 0.1) is 11.6 Å². The third-order valence-electron chi connectivity index (χ3n) is 3.46. The minimum atomic E-state index is -0.663. The molecule has 0 fully saturated rings. The van der Waals surface area contributed by atoms with Gasteiger partial charge in [-0.15, -0.1) is 0 Å². The third kappa shape index (κ3) is 6.08. The van der Waals surface area contributed by atoms with Crippen molar-refractivity contribution in [2.24, 2.45) is 0 Å². The Morgan fingerprint density at radius 1 is 0.923 bits per heavy atom. The maximum atomic E-state index is 13.0. The zero-order valence-electron chi connectivity index (χ0n) is 13.8. The molecule has 2 aromatic rings. The Kier molecular flexibility index (Phi) is 6.96. The minimum Gasteiger partial charge on any atom is -0.464 e. The average molecular weight is 361 g/mol. The number of esters is 1. The van der Waals surface area contributed by atoms with Gasteiger partial charge in [-0.25, -0.2) is 8.78 Å². The Labute approximate surface area is 149 Å². The third-order valence-corrected chi connectivity index (χ3v) is 3.46. The quantitative estimate of drug-likeness (QED) is 0.446. The summed E-state index contributed by atoms with van der Waals surface area (Å²) in [5.74, 6) is -2.40. The van der Waals surface area contributed by atoms with Gasteiger partial charge in [0.15, 0.2) is 5.78 Å². The normalized spacial score (nSPS) is 10.2. The van der Waals surface area contributed by atoms with Crippen molar-refractivity contribution in [3.8, 4) is 0 Å². The first-order chi connectivity index (χ1) is 12.5. The highest BCUT2D eigenvalue weighted by Crippen LogP contribution is 2.07. The number of carbonyl (C=O) groups excluding carboxylic acids is 3. The number of hydrogen-bond donors (Lipinski definition) is 1. The molecule has 26 heavy (non-hydrogen) atoms. The molecule has 0 aliphatic rings. The monoisotopic (exact) mass is 361 g/mol. The molecule has 7 heteroatoms. The van der Waals surface area contributed by atoms with E-state index in [1.54, 1.807) is 0 Å².